The minimum Gasteiger partial charge on any atom is -0.493 e. The Morgan fingerprint density at radius 3 is 2.70 bits per heavy atom. The Balaban J connectivity index is 1.97. The molecule has 0 radical (unpaired) electrons. The topological polar surface area (TPSA) is 47.3 Å². The van der Waals surface area contributed by atoms with E-state index in [9.17, 15) is 8.78 Å². The third-order valence-corrected chi connectivity index (χ3v) is 3.62. The lowest BCUT2D eigenvalue weighted by atomic mass is 9.89. The van der Waals surface area contributed by atoms with Crippen molar-refractivity contribution in [1.82, 2.24) is 5.43 Å². The van der Waals surface area contributed by atoms with E-state index < -0.39 is 11.6 Å². The molecule has 1 aliphatic heterocycles. The molecule has 2 aromatic carbocycles. The summed E-state index contributed by atoms with van der Waals surface area (Å²) < 4.78 is 32.0. The maximum atomic E-state index is 13.4. The van der Waals surface area contributed by atoms with Gasteiger partial charge in [-0.1, -0.05) is 24.3 Å². The number of hydrazine groups is 1. The molecule has 104 valence electrons. The fraction of sp³-hybridized carbons (Fsp3) is 0.200. The third kappa shape index (κ3) is 2.15. The first-order chi connectivity index (χ1) is 9.70. The van der Waals surface area contributed by atoms with E-state index in [2.05, 4.69) is 5.43 Å². The van der Waals surface area contributed by atoms with E-state index >= 15 is 0 Å². The number of rotatable bonds is 3. The Labute approximate surface area is 115 Å². The Morgan fingerprint density at radius 1 is 1.15 bits per heavy atom. The quantitative estimate of drug-likeness (QED) is 0.669. The van der Waals surface area contributed by atoms with Crippen LogP contribution >= 0.6 is 0 Å². The number of hydrogen-bond acceptors (Lipinski definition) is 3. The fourth-order valence-electron chi connectivity index (χ4n) is 2.61. The van der Waals surface area contributed by atoms with Crippen LogP contribution in [0, 0.1) is 11.6 Å². The van der Waals surface area contributed by atoms with E-state index in [0.29, 0.717) is 12.2 Å². The molecule has 5 heteroatoms. The lowest BCUT2D eigenvalue weighted by Gasteiger charge is -2.22. The van der Waals surface area contributed by atoms with Crippen LogP contribution in [0.25, 0.3) is 0 Å². The average molecular weight is 276 g/mol. The van der Waals surface area contributed by atoms with Crippen LogP contribution in [0.1, 0.15) is 23.1 Å². The summed E-state index contributed by atoms with van der Waals surface area (Å²) in [6.07, 6.45) is 0. The number of halogens is 2. The van der Waals surface area contributed by atoms with Gasteiger partial charge in [0.15, 0.2) is 11.6 Å². The van der Waals surface area contributed by atoms with Gasteiger partial charge in [-0.25, -0.2) is 8.78 Å². The van der Waals surface area contributed by atoms with Crippen molar-refractivity contribution in [2.24, 2.45) is 5.84 Å². The smallest absolute Gasteiger partial charge is 0.159 e. The Kier molecular flexibility index (Phi) is 3.38. The molecule has 0 aliphatic carbocycles. The number of ether oxygens (including phenoxy) is 1. The minimum absolute atomic E-state index is 0.0407. The number of hydrogen-bond donors (Lipinski definition) is 2. The van der Waals surface area contributed by atoms with Gasteiger partial charge >= 0.3 is 0 Å². The van der Waals surface area contributed by atoms with Crippen molar-refractivity contribution in [3.05, 3.63) is 65.2 Å². The summed E-state index contributed by atoms with van der Waals surface area (Å²) in [5.41, 5.74) is 4.29. The average Bonchev–Trinajstić information content (AvgIpc) is 2.88. The molecule has 2 atom stereocenters. The van der Waals surface area contributed by atoms with Crippen molar-refractivity contribution >= 4 is 0 Å². The highest BCUT2D eigenvalue weighted by atomic mass is 19.2. The standard InChI is InChI=1S/C15H14F2N2O/c16-12-6-5-9(7-13(12)17)15(19-18)11-8-20-14-4-2-1-3-10(11)14/h1-7,11,15,19H,8,18H2. The molecule has 0 bridgehead atoms. The molecule has 0 spiro atoms. The predicted octanol–water partition coefficient (Wildman–Crippen LogP) is 2.65. The lowest BCUT2D eigenvalue weighted by molar-refractivity contribution is 0.300. The number of benzene rings is 2. The normalized spacial score (nSPS) is 18.4. The molecule has 20 heavy (non-hydrogen) atoms. The third-order valence-electron chi connectivity index (χ3n) is 3.62. The van der Waals surface area contributed by atoms with Gasteiger partial charge in [0.25, 0.3) is 0 Å². The van der Waals surface area contributed by atoms with Crippen LogP contribution < -0.4 is 16.0 Å². The molecule has 3 N–H and O–H groups in total. The molecule has 2 aromatic rings. The summed E-state index contributed by atoms with van der Waals surface area (Å²) in [6, 6.07) is 11.1. The molecule has 0 saturated carbocycles. The Morgan fingerprint density at radius 2 is 1.95 bits per heavy atom. The van der Waals surface area contributed by atoms with Crippen LogP contribution in [0.4, 0.5) is 8.78 Å². The lowest BCUT2D eigenvalue weighted by Crippen LogP contribution is -2.33. The number of nitrogens with two attached hydrogens (primary N) is 1. The van der Waals surface area contributed by atoms with Gasteiger partial charge in [0.05, 0.1) is 12.6 Å². The van der Waals surface area contributed by atoms with Gasteiger partial charge in [0.2, 0.25) is 0 Å². The SMILES string of the molecule is NNC(c1ccc(F)c(F)c1)C1COc2ccccc21. The van der Waals surface area contributed by atoms with Crippen LogP contribution in [0.2, 0.25) is 0 Å². The van der Waals surface area contributed by atoms with Crippen molar-refractivity contribution in [3.63, 3.8) is 0 Å². The first kappa shape index (κ1) is 13.0. The fourth-order valence-corrected chi connectivity index (χ4v) is 2.61. The summed E-state index contributed by atoms with van der Waals surface area (Å²) in [4.78, 5) is 0. The molecule has 3 rings (SSSR count). The van der Waals surface area contributed by atoms with Gasteiger partial charge in [0, 0.05) is 11.5 Å². The zero-order valence-corrected chi connectivity index (χ0v) is 10.6. The van der Waals surface area contributed by atoms with E-state index in [-0.39, 0.29) is 12.0 Å². The second kappa shape index (κ2) is 5.19. The summed E-state index contributed by atoms with van der Waals surface area (Å²) in [5.74, 6) is 4.63. The van der Waals surface area contributed by atoms with Crippen molar-refractivity contribution < 1.29 is 13.5 Å². The van der Waals surface area contributed by atoms with Crippen molar-refractivity contribution in [2.45, 2.75) is 12.0 Å². The van der Waals surface area contributed by atoms with Gasteiger partial charge in [-0.3, -0.25) is 11.3 Å². The van der Waals surface area contributed by atoms with E-state index in [4.69, 9.17) is 10.6 Å². The zero-order valence-electron chi connectivity index (χ0n) is 10.6. The summed E-state index contributed by atoms with van der Waals surface area (Å²) in [7, 11) is 0. The summed E-state index contributed by atoms with van der Waals surface area (Å²) in [6.45, 7) is 0.452. The Hall–Kier alpha value is -1.98. The largest absolute Gasteiger partial charge is 0.493 e. The maximum absolute atomic E-state index is 13.4. The van der Waals surface area contributed by atoms with Gasteiger partial charge in [-0.15, -0.1) is 0 Å². The molecule has 0 aromatic heterocycles. The highest BCUT2D eigenvalue weighted by Gasteiger charge is 2.32. The van der Waals surface area contributed by atoms with Crippen LogP contribution in [-0.2, 0) is 0 Å². The number of para-hydroxylation sites is 1. The van der Waals surface area contributed by atoms with Crippen molar-refractivity contribution in [2.75, 3.05) is 6.61 Å². The number of fused-ring (bicyclic) bond motifs is 1. The molecule has 0 amide bonds. The first-order valence-electron chi connectivity index (χ1n) is 6.33. The predicted molar refractivity (Wildman–Crippen MR) is 71.1 cm³/mol. The summed E-state index contributed by atoms with van der Waals surface area (Å²) in [5, 5.41) is 0. The first-order valence-corrected chi connectivity index (χ1v) is 6.33. The Bertz CT molecular complexity index is 633. The highest BCUT2D eigenvalue weighted by molar-refractivity contribution is 5.42. The summed E-state index contributed by atoms with van der Waals surface area (Å²) >= 11 is 0. The molecule has 3 nitrogen and oxygen atoms in total. The van der Waals surface area contributed by atoms with E-state index in [1.807, 2.05) is 24.3 Å². The monoisotopic (exact) mass is 276 g/mol. The van der Waals surface area contributed by atoms with Gasteiger partial charge in [0.1, 0.15) is 5.75 Å². The van der Waals surface area contributed by atoms with Crippen molar-refractivity contribution in [3.8, 4) is 5.75 Å². The van der Waals surface area contributed by atoms with Gasteiger partial charge < -0.3 is 4.74 Å². The van der Waals surface area contributed by atoms with Crippen LogP contribution in [0.15, 0.2) is 42.5 Å². The molecule has 1 aliphatic rings. The van der Waals surface area contributed by atoms with Crippen LogP contribution in [0.3, 0.4) is 0 Å². The molecule has 1 heterocycles. The minimum atomic E-state index is -0.880. The van der Waals surface area contributed by atoms with E-state index in [0.717, 1.165) is 17.4 Å². The second-order valence-electron chi connectivity index (χ2n) is 4.77. The molecule has 0 fully saturated rings. The number of nitrogens with one attached hydrogen (secondary N) is 1. The van der Waals surface area contributed by atoms with Crippen molar-refractivity contribution in [1.29, 1.82) is 0 Å². The van der Waals surface area contributed by atoms with Crippen LogP contribution in [-0.4, -0.2) is 6.61 Å². The molecule has 0 saturated heterocycles. The molecular formula is C15H14F2N2O. The van der Waals surface area contributed by atoms with E-state index in [1.54, 1.807) is 0 Å². The van der Waals surface area contributed by atoms with Gasteiger partial charge in [-0.05, 0) is 23.8 Å². The second-order valence-corrected chi connectivity index (χ2v) is 4.77. The van der Waals surface area contributed by atoms with Gasteiger partial charge in [-0.2, -0.15) is 0 Å². The highest BCUT2D eigenvalue weighted by Crippen LogP contribution is 2.40. The molecular weight excluding hydrogens is 262 g/mol. The zero-order chi connectivity index (χ0) is 14.1. The molecule has 2 unspecified atom stereocenters. The maximum Gasteiger partial charge on any atom is 0.159 e. The van der Waals surface area contributed by atoms with E-state index in [1.165, 1.54) is 12.1 Å². The van der Waals surface area contributed by atoms with Crippen LogP contribution in [0.5, 0.6) is 5.75 Å².